The Morgan fingerprint density at radius 2 is 1.92 bits per heavy atom. The highest BCUT2D eigenvalue weighted by molar-refractivity contribution is 4.75. The molecule has 3 heteroatoms. The lowest BCUT2D eigenvalue weighted by Gasteiger charge is -2.32. The molecule has 1 saturated heterocycles. The number of nitrogens with one attached hydrogen (secondary N) is 1. The molecule has 0 radical (unpaired) electrons. The normalized spacial score (nSPS) is 36.8. The standard InChI is InChI=1S/C9H19NO2/c1-4-11-10-9-5-7(2)12-8(3)6-9/h7-10H,4-6H2,1-3H3/t7-,8+,9?. The predicted octanol–water partition coefficient (Wildman–Crippen LogP) is 1.48. The molecule has 0 aromatic heterocycles. The highest BCUT2D eigenvalue weighted by atomic mass is 16.6. The van der Waals surface area contributed by atoms with Crippen LogP contribution in [0.2, 0.25) is 0 Å². The van der Waals surface area contributed by atoms with Crippen LogP contribution < -0.4 is 5.48 Å². The van der Waals surface area contributed by atoms with Crippen LogP contribution in [0, 0.1) is 0 Å². The SMILES string of the molecule is CCONC1C[C@@H](C)O[C@@H](C)C1. The van der Waals surface area contributed by atoms with E-state index < -0.39 is 0 Å². The molecule has 12 heavy (non-hydrogen) atoms. The summed E-state index contributed by atoms with van der Waals surface area (Å²) in [5.41, 5.74) is 3.05. The van der Waals surface area contributed by atoms with Crippen molar-refractivity contribution in [1.82, 2.24) is 5.48 Å². The van der Waals surface area contributed by atoms with E-state index in [4.69, 9.17) is 9.57 Å². The monoisotopic (exact) mass is 173 g/mol. The zero-order valence-corrected chi connectivity index (χ0v) is 8.17. The lowest BCUT2D eigenvalue weighted by Crippen LogP contribution is -2.41. The summed E-state index contributed by atoms with van der Waals surface area (Å²) in [6.07, 6.45) is 2.80. The van der Waals surface area contributed by atoms with Gasteiger partial charge in [0.15, 0.2) is 0 Å². The first kappa shape index (κ1) is 9.96. The van der Waals surface area contributed by atoms with Crippen molar-refractivity contribution >= 4 is 0 Å². The van der Waals surface area contributed by atoms with Crippen LogP contribution in [-0.4, -0.2) is 24.9 Å². The molecule has 1 fully saturated rings. The van der Waals surface area contributed by atoms with Gasteiger partial charge in [0, 0.05) is 6.04 Å². The van der Waals surface area contributed by atoms with Gasteiger partial charge in [0.25, 0.3) is 0 Å². The van der Waals surface area contributed by atoms with Gasteiger partial charge in [0.1, 0.15) is 0 Å². The van der Waals surface area contributed by atoms with Crippen molar-refractivity contribution in [1.29, 1.82) is 0 Å². The van der Waals surface area contributed by atoms with E-state index in [1.165, 1.54) is 0 Å². The topological polar surface area (TPSA) is 30.5 Å². The van der Waals surface area contributed by atoms with Gasteiger partial charge in [-0.25, -0.2) is 0 Å². The van der Waals surface area contributed by atoms with Gasteiger partial charge in [-0.15, -0.1) is 0 Å². The maximum absolute atomic E-state index is 5.60. The van der Waals surface area contributed by atoms with Gasteiger partial charge in [0.05, 0.1) is 18.8 Å². The third-order valence-electron chi connectivity index (χ3n) is 2.09. The van der Waals surface area contributed by atoms with Crippen molar-refractivity contribution in [3.63, 3.8) is 0 Å². The van der Waals surface area contributed by atoms with Crippen LogP contribution in [0.3, 0.4) is 0 Å². The maximum Gasteiger partial charge on any atom is 0.0654 e. The number of hydrogen-bond acceptors (Lipinski definition) is 3. The molecule has 0 aliphatic carbocycles. The Hall–Kier alpha value is -0.120. The van der Waals surface area contributed by atoms with Crippen molar-refractivity contribution in [2.45, 2.75) is 51.9 Å². The third-order valence-corrected chi connectivity index (χ3v) is 2.09. The first-order valence-electron chi connectivity index (χ1n) is 4.75. The van der Waals surface area contributed by atoms with Crippen molar-refractivity contribution in [3.8, 4) is 0 Å². The number of hydrogen-bond donors (Lipinski definition) is 1. The van der Waals surface area contributed by atoms with E-state index in [9.17, 15) is 0 Å². The van der Waals surface area contributed by atoms with Crippen LogP contribution in [0.1, 0.15) is 33.6 Å². The smallest absolute Gasteiger partial charge is 0.0654 e. The Bertz CT molecular complexity index is 120. The van der Waals surface area contributed by atoms with E-state index in [1.54, 1.807) is 0 Å². The Balaban J connectivity index is 2.24. The molecule has 0 saturated carbocycles. The minimum absolute atomic E-state index is 0.353. The minimum Gasteiger partial charge on any atom is -0.375 e. The summed E-state index contributed by atoms with van der Waals surface area (Å²) in [7, 11) is 0. The average molecular weight is 173 g/mol. The van der Waals surface area contributed by atoms with Gasteiger partial charge in [-0.05, 0) is 33.6 Å². The molecule has 1 heterocycles. The zero-order valence-electron chi connectivity index (χ0n) is 8.17. The van der Waals surface area contributed by atoms with Crippen LogP contribution in [0.25, 0.3) is 0 Å². The maximum atomic E-state index is 5.60. The molecule has 0 aromatic rings. The van der Waals surface area contributed by atoms with Crippen molar-refractivity contribution in [2.75, 3.05) is 6.61 Å². The van der Waals surface area contributed by atoms with Crippen molar-refractivity contribution in [2.24, 2.45) is 0 Å². The summed E-state index contributed by atoms with van der Waals surface area (Å²) in [5, 5.41) is 0. The fourth-order valence-electron chi connectivity index (χ4n) is 1.70. The van der Waals surface area contributed by atoms with Gasteiger partial charge in [0.2, 0.25) is 0 Å². The van der Waals surface area contributed by atoms with Crippen LogP contribution in [-0.2, 0) is 9.57 Å². The fraction of sp³-hybridized carbons (Fsp3) is 1.00. The largest absolute Gasteiger partial charge is 0.375 e. The van der Waals surface area contributed by atoms with E-state index in [-0.39, 0.29) is 0 Å². The molecular formula is C9H19NO2. The Morgan fingerprint density at radius 1 is 1.33 bits per heavy atom. The molecule has 1 aliphatic heterocycles. The molecule has 0 spiro atoms. The minimum atomic E-state index is 0.353. The number of ether oxygens (including phenoxy) is 1. The Morgan fingerprint density at radius 3 is 2.42 bits per heavy atom. The molecule has 3 nitrogen and oxygen atoms in total. The van der Waals surface area contributed by atoms with Crippen LogP contribution in [0.5, 0.6) is 0 Å². The molecule has 0 amide bonds. The van der Waals surface area contributed by atoms with Crippen molar-refractivity contribution in [3.05, 3.63) is 0 Å². The Labute approximate surface area is 74.4 Å². The van der Waals surface area contributed by atoms with E-state index in [0.29, 0.717) is 18.2 Å². The van der Waals surface area contributed by atoms with Gasteiger partial charge in [-0.1, -0.05) is 0 Å². The molecule has 0 bridgehead atoms. The second-order valence-electron chi connectivity index (χ2n) is 3.48. The van der Waals surface area contributed by atoms with E-state index in [1.807, 2.05) is 6.92 Å². The van der Waals surface area contributed by atoms with E-state index in [0.717, 1.165) is 19.4 Å². The zero-order chi connectivity index (χ0) is 8.97. The first-order chi connectivity index (χ1) is 5.72. The molecule has 3 atom stereocenters. The first-order valence-corrected chi connectivity index (χ1v) is 4.75. The highest BCUT2D eigenvalue weighted by Crippen LogP contribution is 2.18. The molecule has 1 rings (SSSR count). The molecule has 72 valence electrons. The lowest BCUT2D eigenvalue weighted by atomic mass is 10.0. The lowest BCUT2D eigenvalue weighted by molar-refractivity contribution is -0.0771. The molecular weight excluding hydrogens is 154 g/mol. The second-order valence-corrected chi connectivity index (χ2v) is 3.48. The highest BCUT2D eigenvalue weighted by Gasteiger charge is 2.23. The van der Waals surface area contributed by atoms with Gasteiger partial charge < -0.3 is 9.57 Å². The summed E-state index contributed by atoms with van der Waals surface area (Å²) < 4.78 is 5.60. The summed E-state index contributed by atoms with van der Waals surface area (Å²) in [5.74, 6) is 0. The molecule has 0 aromatic carbocycles. The van der Waals surface area contributed by atoms with Crippen LogP contribution in [0.15, 0.2) is 0 Å². The van der Waals surface area contributed by atoms with Crippen LogP contribution in [0.4, 0.5) is 0 Å². The van der Waals surface area contributed by atoms with Gasteiger partial charge >= 0.3 is 0 Å². The molecule has 1 N–H and O–H groups in total. The fourth-order valence-corrected chi connectivity index (χ4v) is 1.70. The summed E-state index contributed by atoms with van der Waals surface area (Å²) >= 11 is 0. The summed E-state index contributed by atoms with van der Waals surface area (Å²) in [6, 6.07) is 0.462. The average Bonchev–Trinajstić information content (AvgIpc) is 1.99. The number of hydroxylamine groups is 1. The van der Waals surface area contributed by atoms with Crippen LogP contribution >= 0.6 is 0 Å². The van der Waals surface area contributed by atoms with Gasteiger partial charge in [-0.2, -0.15) is 5.48 Å². The van der Waals surface area contributed by atoms with E-state index in [2.05, 4.69) is 19.3 Å². The Kier molecular flexibility index (Phi) is 3.98. The van der Waals surface area contributed by atoms with Gasteiger partial charge in [-0.3, -0.25) is 0 Å². The molecule has 1 unspecified atom stereocenters. The number of rotatable bonds is 3. The van der Waals surface area contributed by atoms with Crippen molar-refractivity contribution < 1.29 is 9.57 Å². The summed E-state index contributed by atoms with van der Waals surface area (Å²) in [4.78, 5) is 5.16. The second kappa shape index (κ2) is 4.80. The predicted molar refractivity (Wildman–Crippen MR) is 47.8 cm³/mol. The quantitative estimate of drug-likeness (QED) is 0.656. The third kappa shape index (κ3) is 3.09. The molecule has 1 aliphatic rings. The summed E-state index contributed by atoms with van der Waals surface area (Å²) in [6.45, 7) is 6.92. The van der Waals surface area contributed by atoms with E-state index >= 15 is 0 Å².